The van der Waals surface area contributed by atoms with Crippen LogP contribution in [0.5, 0.6) is 0 Å². The second kappa shape index (κ2) is 6.54. The second-order valence-electron chi connectivity index (χ2n) is 3.67. The van der Waals surface area contributed by atoms with E-state index in [1.165, 1.54) is 6.08 Å². The third-order valence-electron chi connectivity index (χ3n) is 2.23. The Kier molecular flexibility index (Phi) is 5.34. The molecular weight excluding hydrogens is 238 g/mol. The second-order valence-corrected chi connectivity index (χ2v) is 5.32. The van der Waals surface area contributed by atoms with Gasteiger partial charge in [-0.25, -0.2) is 13.1 Å². The van der Waals surface area contributed by atoms with Crippen LogP contribution in [0.2, 0.25) is 0 Å². The van der Waals surface area contributed by atoms with Crippen LogP contribution in [0.25, 0.3) is 6.08 Å². The topological polar surface area (TPSA) is 66.4 Å². The Morgan fingerprint density at radius 1 is 1.35 bits per heavy atom. The van der Waals surface area contributed by atoms with Crippen molar-refractivity contribution in [3.8, 4) is 0 Å². The zero-order chi connectivity index (χ0) is 12.7. The monoisotopic (exact) mass is 255 g/mol. The molecule has 1 atom stereocenters. The fraction of sp³-hybridized carbons (Fsp3) is 0.333. The Balaban J connectivity index is 2.58. The minimum Gasteiger partial charge on any atom is -0.392 e. The van der Waals surface area contributed by atoms with Crippen molar-refractivity contribution < 1.29 is 13.5 Å². The molecule has 0 radical (unpaired) electrons. The van der Waals surface area contributed by atoms with Crippen LogP contribution in [0.4, 0.5) is 0 Å². The number of hydrogen-bond acceptors (Lipinski definition) is 3. The van der Waals surface area contributed by atoms with E-state index in [-0.39, 0.29) is 6.54 Å². The van der Waals surface area contributed by atoms with Gasteiger partial charge in [0.2, 0.25) is 10.0 Å². The first-order valence-electron chi connectivity index (χ1n) is 5.44. The third-order valence-corrected chi connectivity index (χ3v) is 3.29. The van der Waals surface area contributed by atoms with Crippen LogP contribution in [0.1, 0.15) is 18.9 Å². The summed E-state index contributed by atoms with van der Waals surface area (Å²) < 4.78 is 25.3. The quantitative estimate of drug-likeness (QED) is 0.806. The van der Waals surface area contributed by atoms with Crippen molar-refractivity contribution in [2.24, 2.45) is 0 Å². The highest BCUT2D eigenvalue weighted by molar-refractivity contribution is 7.92. The van der Waals surface area contributed by atoms with E-state index in [9.17, 15) is 13.5 Å². The molecule has 0 bridgehead atoms. The van der Waals surface area contributed by atoms with Crippen LogP contribution in [-0.2, 0) is 10.0 Å². The number of benzene rings is 1. The minimum atomic E-state index is -3.48. The molecule has 0 aliphatic carbocycles. The summed E-state index contributed by atoms with van der Waals surface area (Å²) >= 11 is 0. The first-order chi connectivity index (χ1) is 8.03. The fourth-order valence-corrected chi connectivity index (χ4v) is 1.99. The molecule has 0 heterocycles. The number of nitrogens with one attached hydrogen (secondary N) is 1. The Labute approximate surface area is 102 Å². The maximum absolute atomic E-state index is 11.5. The summed E-state index contributed by atoms with van der Waals surface area (Å²) in [6.07, 6.45) is 1.39. The number of aliphatic hydroxyl groups is 1. The molecular formula is C12H17NO3S. The van der Waals surface area contributed by atoms with Crippen LogP contribution in [0.3, 0.4) is 0 Å². The van der Waals surface area contributed by atoms with Gasteiger partial charge in [0.05, 0.1) is 6.10 Å². The summed E-state index contributed by atoms with van der Waals surface area (Å²) in [5.74, 6) is 0. The van der Waals surface area contributed by atoms with Crippen molar-refractivity contribution in [3.05, 3.63) is 41.3 Å². The molecule has 1 aromatic carbocycles. The van der Waals surface area contributed by atoms with Crippen molar-refractivity contribution in [1.82, 2.24) is 4.72 Å². The molecule has 0 aromatic heterocycles. The maximum atomic E-state index is 11.5. The molecule has 4 nitrogen and oxygen atoms in total. The standard InChI is InChI=1S/C12H17NO3S/c1-2-12(14)10-13-17(15,16)9-8-11-6-4-3-5-7-11/h3-9,12-14H,2,10H2,1H3/b9-8+. The first kappa shape index (κ1) is 13.9. The predicted octanol–water partition coefficient (Wildman–Crippen LogP) is 1.35. The summed E-state index contributed by atoms with van der Waals surface area (Å²) in [6.45, 7) is 1.83. The predicted molar refractivity (Wildman–Crippen MR) is 68.7 cm³/mol. The molecule has 0 saturated heterocycles. The number of sulfonamides is 1. The van der Waals surface area contributed by atoms with E-state index in [1.54, 1.807) is 6.92 Å². The molecule has 0 spiro atoms. The van der Waals surface area contributed by atoms with Gasteiger partial charge in [-0.05, 0) is 18.1 Å². The van der Waals surface area contributed by atoms with E-state index in [0.29, 0.717) is 6.42 Å². The average molecular weight is 255 g/mol. The van der Waals surface area contributed by atoms with Gasteiger partial charge in [-0.2, -0.15) is 0 Å². The summed E-state index contributed by atoms with van der Waals surface area (Å²) in [4.78, 5) is 0. The highest BCUT2D eigenvalue weighted by Crippen LogP contribution is 2.02. The van der Waals surface area contributed by atoms with Crippen molar-refractivity contribution in [2.45, 2.75) is 19.4 Å². The number of rotatable bonds is 6. The zero-order valence-corrected chi connectivity index (χ0v) is 10.5. The van der Waals surface area contributed by atoms with E-state index in [1.807, 2.05) is 30.3 Å². The lowest BCUT2D eigenvalue weighted by molar-refractivity contribution is 0.174. The van der Waals surface area contributed by atoms with Crippen LogP contribution >= 0.6 is 0 Å². The molecule has 0 amide bonds. The minimum absolute atomic E-state index is 0.0396. The van der Waals surface area contributed by atoms with Crippen LogP contribution < -0.4 is 4.72 Å². The average Bonchev–Trinajstić information content (AvgIpc) is 2.35. The first-order valence-corrected chi connectivity index (χ1v) is 6.99. The van der Waals surface area contributed by atoms with Crippen LogP contribution in [-0.4, -0.2) is 26.2 Å². The summed E-state index contributed by atoms with van der Waals surface area (Å²) in [7, 11) is -3.48. The third kappa shape index (κ3) is 5.63. The highest BCUT2D eigenvalue weighted by Gasteiger charge is 2.07. The molecule has 2 N–H and O–H groups in total. The zero-order valence-electron chi connectivity index (χ0n) is 9.70. The molecule has 0 aliphatic rings. The van der Waals surface area contributed by atoms with Crippen LogP contribution in [0.15, 0.2) is 35.7 Å². The van der Waals surface area contributed by atoms with Gasteiger partial charge in [0, 0.05) is 12.0 Å². The van der Waals surface area contributed by atoms with Crippen molar-refractivity contribution in [3.63, 3.8) is 0 Å². The van der Waals surface area contributed by atoms with Gasteiger partial charge in [-0.3, -0.25) is 0 Å². The summed E-state index contributed by atoms with van der Waals surface area (Å²) in [5, 5.41) is 10.4. The van der Waals surface area contributed by atoms with Gasteiger partial charge in [0.25, 0.3) is 0 Å². The Hall–Kier alpha value is -1.17. The van der Waals surface area contributed by atoms with Crippen molar-refractivity contribution in [1.29, 1.82) is 0 Å². The van der Waals surface area contributed by atoms with Gasteiger partial charge in [0.15, 0.2) is 0 Å². The van der Waals surface area contributed by atoms with Gasteiger partial charge in [-0.1, -0.05) is 37.3 Å². The Morgan fingerprint density at radius 2 is 2.00 bits per heavy atom. The molecule has 0 aliphatic heterocycles. The van der Waals surface area contributed by atoms with Gasteiger partial charge >= 0.3 is 0 Å². The van der Waals surface area contributed by atoms with Crippen molar-refractivity contribution in [2.75, 3.05) is 6.54 Å². The molecule has 94 valence electrons. The SMILES string of the molecule is CCC(O)CNS(=O)(=O)/C=C/c1ccccc1. The maximum Gasteiger partial charge on any atom is 0.233 e. The fourth-order valence-electron chi connectivity index (χ4n) is 1.14. The lowest BCUT2D eigenvalue weighted by Gasteiger charge is -2.07. The highest BCUT2D eigenvalue weighted by atomic mass is 32.2. The van der Waals surface area contributed by atoms with Gasteiger partial charge < -0.3 is 5.11 Å². The smallest absolute Gasteiger partial charge is 0.233 e. The lowest BCUT2D eigenvalue weighted by atomic mass is 10.2. The number of aliphatic hydroxyl groups excluding tert-OH is 1. The molecule has 1 unspecified atom stereocenters. The Bertz CT molecular complexity index is 454. The van der Waals surface area contributed by atoms with E-state index in [4.69, 9.17) is 0 Å². The van der Waals surface area contributed by atoms with E-state index in [2.05, 4.69) is 4.72 Å². The molecule has 0 fully saturated rings. The summed E-state index contributed by atoms with van der Waals surface area (Å²) in [6, 6.07) is 9.16. The van der Waals surface area contributed by atoms with Crippen molar-refractivity contribution >= 4 is 16.1 Å². The molecule has 0 saturated carbocycles. The van der Waals surface area contributed by atoms with Gasteiger partial charge in [-0.15, -0.1) is 0 Å². The number of hydrogen-bond donors (Lipinski definition) is 2. The van der Waals surface area contributed by atoms with E-state index >= 15 is 0 Å². The largest absolute Gasteiger partial charge is 0.392 e. The normalized spacial score (nSPS) is 14.0. The molecule has 17 heavy (non-hydrogen) atoms. The lowest BCUT2D eigenvalue weighted by Crippen LogP contribution is -2.30. The van der Waals surface area contributed by atoms with E-state index < -0.39 is 16.1 Å². The molecule has 1 aromatic rings. The Morgan fingerprint density at radius 3 is 2.59 bits per heavy atom. The molecule has 1 rings (SSSR count). The summed E-state index contributed by atoms with van der Waals surface area (Å²) in [5.41, 5.74) is 0.814. The van der Waals surface area contributed by atoms with Crippen LogP contribution in [0, 0.1) is 0 Å². The van der Waals surface area contributed by atoms with E-state index in [0.717, 1.165) is 11.0 Å². The molecule has 5 heteroatoms. The van der Waals surface area contributed by atoms with Gasteiger partial charge in [0.1, 0.15) is 0 Å².